The summed E-state index contributed by atoms with van der Waals surface area (Å²) in [5.41, 5.74) is 39.9. The number of amides is 2. The summed E-state index contributed by atoms with van der Waals surface area (Å²) < 4.78 is 0. The van der Waals surface area contributed by atoms with Crippen molar-refractivity contribution in [1.29, 1.82) is 0 Å². The highest BCUT2D eigenvalue weighted by molar-refractivity contribution is 7.99. The molecule has 3 rings (SSSR count). The van der Waals surface area contributed by atoms with E-state index in [0.29, 0.717) is 67.6 Å². The molecule has 16 heteroatoms. The zero-order valence-corrected chi connectivity index (χ0v) is 33.6. The van der Waals surface area contributed by atoms with Crippen LogP contribution < -0.4 is 45.0 Å². The molecule has 0 saturated heterocycles. The number of anilines is 2. The number of nitrogens with zero attached hydrogens (tertiary/aromatic N) is 4. The summed E-state index contributed by atoms with van der Waals surface area (Å²) in [5.74, 6) is 1.06. The van der Waals surface area contributed by atoms with Gasteiger partial charge in [-0.05, 0) is 98.0 Å². The van der Waals surface area contributed by atoms with Crippen molar-refractivity contribution in [3.63, 3.8) is 0 Å². The summed E-state index contributed by atoms with van der Waals surface area (Å²) >= 11 is 3.09. The third-order valence-corrected chi connectivity index (χ3v) is 10.6. The van der Waals surface area contributed by atoms with E-state index in [-0.39, 0.29) is 41.3 Å². The number of nitrogens with one attached hydrogen (secondary N) is 2. The number of carbonyl (C=O) groups is 2. The smallest absolute Gasteiger partial charge is 0.274 e. The number of hydrogen-bond donors (Lipinski definition) is 8. The SMILES string of the molecule is CC(C)c1cc(CCCCN)c(SCCN=C(N)N)c(NC(=O)c2cc(-c3cc(C(C)C)cc(NC(=O)CCCCN)c3SCCN=C(N)N)ncn2)c1. The van der Waals surface area contributed by atoms with Gasteiger partial charge in [-0.1, -0.05) is 33.8 Å². The Balaban J connectivity index is 2.10. The molecule has 54 heavy (non-hydrogen) atoms. The molecule has 0 aliphatic carbocycles. The molecule has 1 aromatic heterocycles. The first-order chi connectivity index (χ1) is 25.8. The van der Waals surface area contributed by atoms with E-state index in [2.05, 4.69) is 64.3 Å². The van der Waals surface area contributed by atoms with Crippen molar-refractivity contribution in [3.8, 4) is 11.3 Å². The van der Waals surface area contributed by atoms with Gasteiger partial charge in [0.15, 0.2) is 11.9 Å². The average Bonchev–Trinajstić information content (AvgIpc) is 3.12. The molecule has 0 unspecified atom stereocenters. The minimum Gasteiger partial charge on any atom is -0.370 e. The average molecular weight is 779 g/mol. The van der Waals surface area contributed by atoms with E-state index in [4.69, 9.17) is 34.4 Å². The van der Waals surface area contributed by atoms with Crippen LogP contribution in [0.15, 0.2) is 56.4 Å². The molecule has 0 spiro atoms. The van der Waals surface area contributed by atoms with Gasteiger partial charge >= 0.3 is 0 Å². The molecule has 0 aliphatic heterocycles. The maximum absolute atomic E-state index is 14.1. The van der Waals surface area contributed by atoms with Gasteiger partial charge in [0.1, 0.15) is 12.0 Å². The van der Waals surface area contributed by atoms with Gasteiger partial charge in [-0.15, -0.1) is 23.5 Å². The van der Waals surface area contributed by atoms with Crippen molar-refractivity contribution in [2.45, 2.75) is 87.8 Å². The van der Waals surface area contributed by atoms with Gasteiger partial charge in [-0.3, -0.25) is 19.6 Å². The number of nitrogens with two attached hydrogens (primary N) is 6. The van der Waals surface area contributed by atoms with Gasteiger partial charge in [0, 0.05) is 33.3 Å². The monoisotopic (exact) mass is 778 g/mol. The fourth-order valence-corrected chi connectivity index (χ4v) is 7.45. The van der Waals surface area contributed by atoms with Crippen LogP contribution in [-0.2, 0) is 11.2 Å². The lowest BCUT2D eigenvalue weighted by molar-refractivity contribution is -0.116. The van der Waals surface area contributed by atoms with Gasteiger partial charge in [0.2, 0.25) is 5.91 Å². The van der Waals surface area contributed by atoms with Crippen molar-refractivity contribution in [3.05, 3.63) is 59.0 Å². The summed E-state index contributed by atoms with van der Waals surface area (Å²) in [4.78, 5) is 46.2. The second-order valence-electron chi connectivity index (χ2n) is 13.4. The van der Waals surface area contributed by atoms with Crippen LogP contribution in [0.4, 0.5) is 11.4 Å². The van der Waals surface area contributed by atoms with Gasteiger partial charge in [0.05, 0.1) is 30.2 Å². The van der Waals surface area contributed by atoms with Crippen molar-refractivity contribution >= 4 is 58.6 Å². The van der Waals surface area contributed by atoms with Crippen LogP contribution in [0.25, 0.3) is 11.3 Å². The van der Waals surface area contributed by atoms with Gasteiger partial charge in [-0.2, -0.15) is 0 Å². The van der Waals surface area contributed by atoms with Crippen LogP contribution in [0.3, 0.4) is 0 Å². The minimum atomic E-state index is -0.381. The molecule has 0 bridgehead atoms. The Morgan fingerprint density at radius 2 is 1.30 bits per heavy atom. The van der Waals surface area contributed by atoms with Crippen LogP contribution in [0.5, 0.6) is 0 Å². The predicted octanol–water partition coefficient (Wildman–Crippen LogP) is 4.72. The quantitative estimate of drug-likeness (QED) is 0.0298. The molecule has 294 valence electrons. The number of thioether (sulfide) groups is 2. The number of carbonyl (C=O) groups excluding carboxylic acids is 2. The lowest BCUT2D eigenvalue weighted by Gasteiger charge is -2.20. The Morgan fingerprint density at radius 3 is 1.89 bits per heavy atom. The standard InChI is InChI=1S/C38H58N12O2S2/c1-23(2)26-17-25(9-5-7-11-39)34(53-15-13-45-37(41)42)30(19-26)50-36(52)32-21-29(47-22-48-32)28-18-27(24(3)4)20-31(49-33(51)10-6-8-12-40)35(28)54-16-14-46-38(43)44/h17-24H,5-16,39-40H2,1-4H3,(H,49,51)(H,50,52)(H4,41,42,45)(H4,43,44,46). The summed E-state index contributed by atoms with van der Waals surface area (Å²) in [5, 5.41) is 6.30. The van der Waals surface area contributed by atoms with Crippen molar-refractivity contribution < 1.29 is 9.59 Å². The minimum absolute atomic E-state index is 0.00259. The topological polar surface area (TPSA) is 265 Å². The summed E-state index contributed by atoms with van der Waals surface area (Å²) in [6, 6.07) is 9.96. The number of aromatic nitrogens is 2. The Bertz CT molecular complexity index is 1760. The van der Waals surface area contributed by atoms with Gasteiger partial charge < -0.3 is 45.0 Å². The summed E-state index contributed by atoms with van der Waals surface area (Å²) in [6.45, 7) is 10.4. The maximum Gasteiger partial charge on any atom is 0.274 e. The van der Waals surface area contributed by atoms with E-state index >= 15 is 0 Å². The summed E-state index contributed by atoms with van der Waals surface area (Å²) in [7, 11) is 0. The largest absolute Gasteiger partial charge is 0.370 e. The highest BCUT2D eigenvalue weighted by atomic mass is 32.2. The molecule has 14 nitrogen and oxygen atoms in total. The van der Waals surface area contributed by atoms with E-state index in [9.17, 15) is 9.59 Å². The van der Waals surface area contributed by atoms with E-state index in [0.717, 1.165) is 57.7 Å². The molecule has 3 aromatic rings. The van der Waals surface area contributed by atoms with E-state index in [1.54, 1.807) is 17.8 Å². The lowest BCUT2D eigenvalue weighted by Crippen LogP contribution is -2.23. The molecule has 0 fully saturated rings. The Morgan fingerprint density at radius 1 is 0.722 bits per heavy atom. The summed E-state index contributed by atoms with van der Waals surface area (Å²) in [6.07, 6.45) is 5.79. The van der Waals surface area contributed by atoms with Crippen LogP contribution in [0.2, 0.25) is 0 Å². The number of benzene rings is 2. The molecule has 2 amide bonds. The first kappa shape index (κ1) is 44.0. The maximum atomic E-state index is 14.1. The Kier molecular flexibility index (Phi) is 18.5. The van der Waals surface area contributed by atoms with Crippen LogP contribution in [0.1, 0.15) is 98.8 Å². The number of aryl methyl sites for hydroxylation is 1. The molecular weight excluding hydrogens is 721 g/mol. The first-order valence-corrected chi connectivity index (χ1v) is 20.4. The number of guanidine groups is 2. The molecule has 14 N–H and O–H groups in total. The van der Waals surface area contributed by atoms with Crippen molar-refractivity contribution in [2.24, 2.45) is 44.4 Å². The van der Waals surface area contributed by atoms with Gasteiger partial charge in [0.25, 0.3) is 5.91 Å². The highest BCUT2D eigenvalue weighted by Crippen LogP contribution is 2.40. The zero-order chi connectivity index (χ0) is 39.6. The van der Waals surface area contributed by atoms with Crippen LogP contribution >= 0.6 is 23.5 Å². The Hall–Kier alpha value is -4.38. The normalized spacial score (nSPS) is 11.1. The number of rotatable bonds is 22. The van der Waals surface area contributed by atoms with Crippen molar-refractivity contribution in [2.75, 3.05) is 48.3 Å². The fraction of sp³-hybridized carbons (Fsp3) is 0.474. The molecule has 0 saturated carbocycles. The number of unbranched alkanes of at least 4 members (excludes halogenated alkanes) is 2. The Labute approximate surface area is 328 Å². The van der Waals surface area contributed by atoms with E-state index in [1.807, 2.05) is 18.2 Å². The van der Waals surface area contributed by atoms with Crippen molar-refractivity contribution in [1.82, 2.24) is 9.97 Å². The third-order valence-electron chi connectivity index (χ3n) is 8.35. The molecule has 1 heterocycles. The molecule has 2 aromatic carbocycles. The van der Waals surface area contributed by atoms with Gasteiger partial charge in [-0.25, -0.2) is 9.97 Å². The van der Waals surface area contributed by atoms with E-state index < -0.39 is 0 Å². The molecule has 0 atom stereocenters. The number of aliphatic imine (C=N–C) groups is 2. The van der Waals surface area contributed by atoms with Crippen LogP contribution in [-0.4, -0.2) is 71.4 Å². The predicted molar refractivity (Wildman–Crippen MR) is 226 cm³/mol. The number of hydrogen-bond acceptors (Lipinski definition) is 10. The molecule has 0 radical (unpaired) electrons. The fourth-order valence-electron chi connectivity index (χ4n) is 5.48. The third kappa shape index (κ3) is 14.1. The van der Waals surface area contributed by atoms with Crippen LogP contribution in [0, 0.1) is 0 Å². The highest BCUT2D eigenvalue weighted by Gasteiger charge is 2.21. The van der Waals surface area contributed by atoms with E-state index in [1.165, 1.54) is 18.1 Å². The lowest BCUT2D eigenvalue weighted by atomic mass is 9.97. The zero-order valence-electron chi connectivity index (χ0n) is 32.0. The first-order valence-electron chi connectivity index (χ1n) is 18.4. The molecular formula is C38H58N12O2S2. The molecule has 0 aliphatic rings. The second-order valence-corrected chi connectivity index (χ2v) is 15.6. The second kappa shape index (κ2) is 22.7.